The number of aryl methyl sites for hydroxylation is 6. The molecule has 6 rings (SSSR count). The molecule has 0 fully saturated rings. The third-order valence-corrected chi connectivity index (χ3v) is 7.70. The number of benzene rings is 3. The molecule has 2 aromatic heterocycles. The predicted molar refractivity (Wildman–Crippen MR) is 144 cm³/mol. The zero-order valence-corrected chi connectivity index (χ0v) is 20.6. The van der Waals surface area contributed by atoms with Gasteiger partial charge in [0.15, 0.2) is 0 Å². The number of rotatable bonds is 2. The first-order chi connectivity index (χ1) is 16.8. The highest BCUT2D eigenvalue weighted by Crippen LogP contribution is 2.32. The van der Waals surface area contributed by atoms with E-state index in [1.54, 1.807) is 0 Å². The second kappa shape index (κ2) is 7.81. The van der Waals surface area contributed by atoms with Crippen LogP contribution >= 0.6 is 0 Å². The van der Waals surface area contributed by atoms with Gasteiger partial charge in [0.25, 0.3) is 11.1 Å². The zero-order chi connectivity index (χ0) is 24.4. The van der Waals surface area contributed by atoms with Gasteiger partial charge in [-0.2, -0.15) is 0 Å². The third-order valence-electron chi connectivity index (χ3n) is 7.70. The maximum atomic E-state index is 13.8. The van der Waals surface area contributed by atoms with Crippen molar-refractivity contribution in [3.05, 3.63) is 104 Å². The summed E-state index contributed by atoms with van der Waals surface area (Å²) in [6.45, 7) is 9.49. The van der Waals surface area contributed by atoms with E-state index in [-0.39, 0.29) is 11.1 Å². The SMILES string of the molecule is Cc1ccc(-c2cc3ccc4cc(-c5ccc(C)c(C)c5)c(=O)n5c4c3n(c2=O)CCC5)cc1C. The highest BCUT2D eigenvalue weighted by atomic mass is 16.1. The van der Waals surface area contributed by atoms with Crippen LogP contribution in [0.25, 0.3) is 44.1 Å². The lowest BCUT2D eigenvalue weighted by Crippen LogP contribution is -2.22. The summed E-state index contributed by atoms with van der Waals surface area (Å²) in [6, 6.07) is 20.5. The number of hydrogen-bond acceptors (Lipinski definition) is 2. The smallest absolute Gasteiger partial charge is 0.258 e. The average molecular weight is 461 g/mol. The van der Waals surface area contributed by atoms with E-state index in [0.717, 1.165) is 39.4 Å². The molecule has 5 aromatic rings. The van der Waals surface area contributed by atoms with Crippen LogP contribution in [0.5, 0.6) is 0 Å². The first-order valence-electron chi connectivity index (χ1n) is 12.2. The van der Waals surface area contributed by atoms with E-state index in [1.165, 1.54) is 22.3 Å². The summed E-state index contributed by atoms with van der Waals surface area (Å²) in [5, 5.41) is 1.97. The molecule has 0 radical (unpaired) electrons. The van der Waals surface area contributed by atoms with Crippen molar-refractivity contribution in [1.29, 1.82) is 0 Å². The van der Waals surface area contributed by atoms with Gasteiger partial charge in [0.05, 0.1) is 11.0 Å². The molecule has 4 nitrogen and oxygen atoms in total. The van der Waals surface area contributed by atoms with E-state index >= 15 is 0 Å². The third kappa shape index (κ3) is 3.28. The topological polar surface area (TPSA) is 44.0 Å². The lowest BCUT2D eigenvalue weighted by molar-refractivity contribution is 0.581. The molecule has 0 N–H and O–H groups in total. The molecule has 3 aromatic carbocycles. The maximum Gasteiger partial charge on any atom is 0.258 e. The molecule has 0 atom stereocenters. The molecule has 0 spiro atoms. The largest absolute Gasteiger partial charge is 0.306 e. The van der Waals surface area contributed by atoms with Gasteiger partial charge < -0.3 is 9.13 Å². The van der Waals surface area contributed by atoms with Crippen molar-refractivity contribution in [2.75, 3.05) is 0 Å². The second-order valence-electron chi connectivity index (χ2n) is 9.92. The molecule has 1 aliphatic heterocycles. The van der Waals surface area contributed by atoms with Crippen LogP contribution in [0.2, 0.25) is 0 Å². The lowest BCUT2D eigenvalue weighted by atomic mass is 9.98. The number of hydrogen-bond donors (Lipinski definition) is 0. The molecule has 174 valence electrons. The van der Waals surface area contributed by atoms with Gasteiger partial charge >= 0.3 is 0 Å². The van der Waals surface area contributed by atoms with E-state index in [1.807, 2.05) is 33.4 Å². The van der Waals surface area contributed by atoms with Gasteiger partial charge in [0.2, 0.25) is 0 Å². The minimum atomic E-state index is 0.00684. The molecule has 0 aliphatic carbocycles. The second-order valence-corrected chi connectivity index (χ2v) is 9.92. The van der Waals surface area contributed by atoms with E-state index in [2.05, 4.69) is 64.1 Å². The Hall–Kier alpha value is -3.92. The van der Waals surface area contributed by atoms with Gasteiger partial charge in [-0.1, -0.05) is 48.5 Å². The van der Waals surface area contributed by atoms with Crippen LogP contribution in [0, 0.1) is 27.7 Å². The average Bonchev–Trinajstić information content (AvgIpc) is 3.05. The van der Waals surface area contributed by atoms with Gasteiger partial charge in [0, 0.05) is 35.0 Å². The summed E-state index contributed by atoms with van der Waals surface area (Å²) in [5.41, 5.74) is 9.80. The molecule has 0 saturated heterocycles. The summed E-state index contributed by atoms with van der Waals surface area (Å²) < 4.78 is 3.78. The minimum Gasteiger partial charge on any atom is -0.306 e. The first-order valence-corrected chi connectivity index (χ1v) is 12.2. The molecule has 3 heterocycles. The van der Waals surface area contributed by atoms with Crippen LogP contribution in [-0.2, 0) is 13.1 Å². The Morgan fingerprint density at radius 3 is 1.37 bits per heavy atom. The minimum absolute atomic E-state index is 0.00684. The maximum absolute atomic E-state index is 13.8. The van der Waals surface area contributed by atoms with E-state index in [4.69, 9.17) is 0 Å². The van der Waals surface area contributed by atoms with Crippen LogP contribution in [0.4, 0.5) is 0 Å². The van der Waals surface area contributed by atoms with Crippen molar-refractivity contribution < 1.29 is 0 Å². The Balaban J connectivity index is 1.67. The fourth-order valence-corrected chi connectivity index (χ4v) is 5.38. The number of aromatic nitrogens is 2. The Morgan fingerprint density at radius 2 is 0.971 bits per heavy atom. The van der Waals surface area contributed by atoms with Crippen molar-refractivity contribution in [1.82, 2.24) is 9.13 Å². The highest BCUT2D eigenvalue weighted by Gasteiger charge is 2.21. The number of nitrogens with zero attached hydrogens (tertiary/aromatic N) is 2. The summed E-state index contributed by atoms with van der Waals surface area (Å²) in [6.07, 6.45) is 0.728. The van der Waals surface area contributed by atoms with E-state index < -0.39 is 0 Å². The molecule has 0 amide bonds. The van der Waals surface area contributed by atoms with Crippen LogP contribution in [0.15, 0.2) is 70.3 Å². The van der Waals surface area contributed by atoms with E-state index in [0.29, 0.717) is 24.2 Å². The predicted octanol–water partition coefficient (Wildman–Crippen LogP) is 6.29. The Bertz CT molecular complexity index is 1670. The quantitative estimate of drug-likeness (QED) is 0.291. The van der Waals surface area contributed by atoms with Crippen LogP contribution in [0.3, 0.4) is 0 Å². The molecule has 0 saturated carbocycles. The van der Waals surface area contributed by atoms with Crippen LogP contribution in [0.1, 0.15) is 28.7 Å². The monoisotopic (exact) mass is 460 g/mol. The fourth-order valence-electron chi connectivity index (χ4n) is 5.38. The molecule has 0 bridgehead atoms. The zero-order valence-electron chi connectivity index (χ0n) is 20.6. The van der Waals surface area contributed by atoms with Crippen LogP contribution in [-0.4, -0.2) is 9.13 Å². The summed E-state index contributed by atoms with van der Waals surface area (Å²) >= 11 is 0. The fraction of sp³-hybridized carbons (Fsp3) is 0.226. The molecular weight excluding hydrogens is 432 g/mol. The normalized spacial score (nSPS) is 13.0. The molecular formula is C31H28N2O2. The van der Waals surface area contributed by atoms with Crippen molar-refractivity contribution in [2.45, 2.75) is 47.2 Å². The van der Waals surface area contributed by atoms with Gasteiger partial charge in [-0.25, -0.2) is 0 Å². The van der Waals surface area contributed by atoms with Crippen molar-refractivity contribution in [3.63, 3.8) is 0 Å². The van der Waals surface area contributed by atoms with Gasteiger partial charge in [0.1, 0.15) is 0 Å². The van der Waals surface area contributed by atoms with Gasteiger partial charge in [-0.05, 0) is 79.6 Å². The van der Waals surface area contributed by atoms with Gasteiger partial charge in [-0.3, -0.25) is 9.59 Å². The van der Waals surface area contributed by atoms with Crippen molar-refractivity contribution in [2.24, 2.45) is 0 Å². The summed E-state index contributed by atoms with van der Waals surface area (Å²) in [5.74, 6) is 0. The molecule has 35 heavy (non-hydrogen) atoms. The highest BCUT2D eigenvalue weighted by molar-refractivity contribution is 6.05. The standard InChI is InChI=1S/C31H28N2O2/c1-18-6-8-22(14-20(18)3)26-16-24-10-11-25-17-27(23-9-7-19(2)21(4)15-23)31(35)33-13-5-12-32(30(26)34)28(24)29(25)33/h6-11,14-17H,5,12-13H2,1-4H3. The first kappa shape index (κ1) is 21.6. The molecule has 4 heteroatoms. The van der Waals surface area contributed by atoms with E-state index in [9.17, 15) is 9.59 Å². The Morgan fingerprint density at radius 1 is 0.543 bits per heavy atom. The molecule has 0 unspecified atom stereocenters. The summed E-state index contributed by atoms with van der Waals surface area (Å²) in [4.78, 5) is 27.5. The lowest BCUT2D eigenvalue weighted by Gasteiger charge is -2.16. The summed E-state index contributed by atoms with van der Waals surface area (Å²) in [7, 11) is 0. The van der Waals surface area contributed by atoms with Crippen LogP contribution < -0.4 is 11.1 Å². The Labute approximate surface area is 204 Å². The Kier molecular flexibility index (Phi) is 4.82. The van der Waals surface area contributed by atoms with Crippen molar-refractivity contribution in [3.8, 4) is 22.3 Å². The number of pyridine rings is 2. The van der Waals surface area contributed by atoms with Gasteiger partial charge in [-0.15, -0.1) is 0 Å². The van der Waals surface area contributed by atoms with Crippen molar-refractivity contribution >= 4 is 21.8 Å². The molecule has 1 aliphatic rings.